The quantitative estimate of drug-likeness (QED) is 0.340. The van der Waals surface area contributed by atoms with Gasteiger partial charge in [0.1, 0.15) is 0 Å². The molecule has 0 aliphatic heterocycles. The minimum atomic E-state index is -0.181. The normalized spacial score (nSPS) is 12.0. The highest BCUT2D eigenvalue weighted by atomic mass is 16.5. The molecule has 0 radical (unpaired) electrons. The molecule has 0 saturated carbocycles. The van der Waals surface area contributed by atoms with Crippen molar-refractivity contribution < 1.29 is 4.65 Å². The van der Waals surface area contributed by atoms with Crippen LogP contribution in [0.15, 0.2) is 0 Å². The molecule has 0 bridgehead atoms. The lowest BCUT2D eigenvalue weighted by atomic mass is 10.7. The van der Waals surface area contributed by atoms with Crippen molar-refractivity contribution >= 4 is 0 Å². The zero-order chi connectivity index (χ0) is 5.21. The molecule has 0 amide bonds. The molecule has 0 aromatic heterocycles. The van der Waals surface area contributed by atoms with Gasteiger partial charge >= 0.3 is 0 Å². The number of nitrogens with zero attached hydrogens (tertiary/aromatic N) is 1. The summed E-state index contributed by atoms with van der Waals surface area (Å²) in [7, 11) is 3.25. The van der Waals surface area contributed by atoms with Gasteiger partial charge in [-0.15, -0.1) is 0 Å². The van der Waals surface area contributed by atoms with Crippen molar-refractivity contribution in [1.82, 2.24) is 0 Å². The lowest BCUT2D eigenvalue weighted by Gasteiger charge is -2.31. The van der Waals surface area contributed by atoms with Gasteiger partial charge in [-0.1, -0.05) is 0 Å². The standard InChI is InChI=1S/C4H11NO/c1-4-5(2,3)6/h4H2,1-3H3. The molecule has 2 heteroatoms. The molecule has 0 saturated heterocycles. The van der Waals surface area contributed by atoms with E-state index >= 15 is 0 Å². The summed E-state index contributed by atoms with van der Waals surface area (Å²) in [5, 5.41) is 10.4. The Kier molecular flexibility index (Phi) is 1.56. The fourth-order valence-corrected chi connectivity index (χ4v) is 0. The fraction of sp³-hybridized carbons (Fsp3) is 1.00. The zero-order valence-electron chi connectivity index (χ0n) is 4.56. The molecular weight excluding hydrogens is 78.0 g/mol. The molecular formula is C4H11NO. The second-order valence-electron chi connectivity index (χ2n) is 1.89. The first-order valence-corrected chi connectivity index (χ1v) is 2.10. The van der Waals surface area contributed by atoms with Crippen LogP contribution in [0.5, 0.6) is 0 Å². The minimum absolute atomic E-state index is 0.181. The lowest BCUT2D eigenvalue weighted by molar-refractivity contribution is -0.837. The maximum atomic E-state index is 10.4. The monoisotopic (exact) mass is 89.1 g/mol. The molecule has 0 unspecified atom stereocenters. The fourth-order valence-electron chi connectivity index (χ4n) is 0. The lowest BCUT2D eigenvalue weighted by Crippen LogP contribution is -2.31. The molecule has 0 aromatic carbocycles. The SMILES string of the molecule is CC[N+](C)(C)[O-]. The maximum absolute atomic E-state index is 10.4. The summed E-state index contributed by atoms with van der Waals surface area (Å²) in [5.74, 6) is 0. The highest BCUT2D eigenvalue weighted by Gasteiger charge is 1.90. The van der Waals surface area contributed by atoms with E-state index in [2.05, 4.69) is 0 Å². The Morgan fingerprint density at radius 2 is 1.67 bits per heavy atom. The highest BCUT2D eigenvalue weighted by molar-refractivity contribution is 4.17. The third kappa shape index (κ3) is 3.92. The Balaban J connectivity index is 3.17. The van der Waals surface area contributed by atoms with Crippen LogP contribution < -0.4 is 0 Å². The molecule has 0 N–H and O–H groups in total. The van der Waals surface area contributed by atoms with Gasteiger partial charge in [-0.05, 0) is 6.92 Å². The van der Waals surface area contributed by atoms with Crippen molar-refractivity contribution in [2.75, 3.05) is 20.6 Å². The summed E-state index contributed by atoms with van der Waals surface area (Å²) in [4.78, 5) is 0. The van der Waals surface area contributed by atoms with Crippen LogP contribution in [0.1, 0.15) is 6.92 Å². The number of hydrogen-bond acceptors (Lipinski definition) is 1. The molecule has 0 spiro atoms. The molecule has 0 heterocycles. The molecule has 6 heavy (non-hydrogen) atoms. The average molecular weight is 89.1 g/mol. The van der Waals surface area contributed by atoms with E-state index in [9.17, 15) is 5.21 Å². The summed E-state index contributed by atoms with van der Waals surface area (Å²) in [5.41, 5.74) is 0. The summed E-state index contributed by atoms with van der Waals surface area (Å²) in [6.45, 7) is 2.52. The molecule has 0 atom stereocenters. The molecule has 0 aromatic rings. The van der Waals surface area contributed by atoms with Gasteiger partial charge in [0.05, 0.1) is 20.6 Å². The Bertz CT molecular complexity index is 37.3. The van der Waals surface area contributed by atoms with Crippen molar-refractivity contribution in [1.29, 1.82) is 0 Å². The zero-order valence-corrected chi connectivity index (χ0v) is 4.56. The Morgan fingerprint density at radius 1 is 1.50 bits per heavy atom. The van der Waals surface area contributed by atoms with Crippen LogP contribution in [0, 0.1) is 5.21 Å². The topological polar surface area (TPSA) is 23.1 Å². The van der Waals surface area contributed by atoms with Crippen LogP contribution in [-0.4, -0.2) is 25.3 Å². The highest BCUT2D eigenvalue weighted by Crippen LogP contribution is 1.86. The first-order chi connectivity index (χ1) is 2.56. The summed E-state index contributed by atoms with van der Waals surface area (Å²) >= 11 is 0. The number of hydroxylamine groups is 3. The van der Waals surface area contributed by atoms with E-state index in [1.807, 2.05) is 6.92 Å². The Labute approximate surface area is 38.6 Å². The second-order valence-corrected chi connectivity index (χ2v) is 1.89. The average Bonchev–Trinajstić information content (AvgIpc) is 1.35. The Hall–Kier alpha value is -0.0800. The predicted octanol–water partition coefficient (Wildman–Crippen LogP) is 0.580. The van der Waals surface area contributed by atoms with E-state index in [0.29, 0.717) is 6.54 Å². The van der Waals surface area contributed by atoms with E-state index in [0.717, 1.165) is 0 Å². The largest absolute Gasteiger partial charge is 0.633 e. The van der Waals surface area contributed by atoms with Crippen LogP contribution in [-0.2, 0) is 0 Å². The minimum Gasteiger partial charge on any atom is -0.633 e. The van der Waals surface area contributed by atoms with Crippen LogP contribution in [0.3, 0.4) is 0 Å². The van der Waals surface area contributed by atoms with Gasteiger partial charge in [-0.25, -0.2) is 0 Å². The third-order valence-electron chi connectivity index (χ3n) is 0.762. The van der Waals surface area contributed by atoms with E-state index in [4.69, 9.17) is 0 Å². The van der Waals surface area contributed by atoms with Gasteiger partial charge in [0.15, 0.2) is 0 Å². The van der Waals surface area contributed by atoms with Gasteiger partial charge in [0.25, 0.3) is 0 Å². The molecule has 0 aliphatic carbocycles. The van der Waals surface area contributed by atoms with Crippen LogP contribution >= 0.6 is 0 Å². The smallest absolute Gasteiger partial charge is 0.0751 e. The molecule has 0 fully saturated rings. The number of rotatable bonds is 1. The van der Waals surface area contributed by atoms with E-state index < -0.39 is 0 Å². The summed E-state index contributed by atoms with van der Waals surface area (Å²) in [6, 6.07) is 0. The summed E-state index contributed by atoms with van der Waals surface area (Å²) in [6.07, 6.45) is 0. The van der Waals surface area contributed by atoms with Crippen LogP contribution in [0.25, 0.3) is 0 Å². The van der Waals surface area contributed by atoms with Gasteiger partial charge in [0.2, 0.25) is 0 Å². The predicted molar refractivity (Wildman–Crippen MR) is 26.0 cm³/mol. The van der Waals surface area contributed by atoms with Crippen molar-refractivity contribution in [3.8, 4) is 0 Å². The number of hydrogen-bond donors (Lipinski definition) is 0. The van der Waals surface area contributed by atoms with Gasteiger partial charge in [-0.2, -0.15) is 0 Å². The molecule has 0 rings (SSSR count). The van der Waals surface area contributed by atoms with Crippen molar-refractivity contribution in [2.24, 2.45) is 0 Å². The molecule has 2 nitrogen and oxygen atoms in total. The van der Waals surface area contributed by atoms with Crippen molar-refractivity contribution in [2.45, 2.75) is 6.92 Å². The van der Waals surface area contributed by atoms with E-state index in [-0.39, 0.29) is 4.65 Å². The Morgan fingerprint density at radius 3 is 1.67 bits per heavy atom. The van der Waals surface area contributed by atoms with Crippen molar-refractivity contribution in [3.63, 3.8) is 0 Å². The molecule has 0 aliphatic rings. The van der Waals surface area contributed by atoms with Gasteiger partial charge in [0, 0.05) is 0 Å². The summed E-state index contributed by atoms with van der Waals surface area (Å²) < 4.78 is -0.181. The van der Waals surface area contributed by atoms with E-state index in [1.165, 1.54) is 0 Å². The number of quaternary nitrogens is 1. The molecule has 38 valence electrons. The first kappa shape index (κ1) is 5.92. The third-order valence-corrected chi connectivity index (χ3v) is 0.762. The van der Waals surface area contributed by atoms with Crippen molar-refractivity contribution in [3.05, 3.63) is 5.21 Å². The van der Waals surface area contributed by atoms with E-state index in [1.54, 1.807) is 14.1 Å². The maximum Gasteiger partial charge on any atom is 0.0751 e. The van der Waals surface area contributed by atoms with Crippen LogP contribution in [0.4, 0.5) is 0 Å². The van der Waals surface area contributed by atoms with Gasteiger partial charge < -0.3 is 9.85 Å². The van der Waals surface area contributed by atoms with Crippen LogP contribution in [0.2, 0.25) is 0 Å². The second kappa shape index (κ2) is 1.58. The van der Waals surface area contributed by atoms with Gasteiger partial charge in [-0.3, -0.25) is 0 Å². The first-order valence-electron chi connectivity index (χ1n) is 2.10.